The molecule has 1 N–H and O–H groups in total. The Balaban J connectivity index is 2.08. The minimum absolute atomic E-state index is 0.0623. The lowest BCUT2D eigenvalue weighted by molar-refractivity contribution is -0.131. The Hall–Kier alpha value is -1.90. The molecule has 0 spiro atoms. The van der Waals surface area contributed by atoms with Gasteiger partial charge in [-0.05, 0) is 0 Å². The molecule has 0 radical (unpaired) electrons. The highest BCUT2D eigenvalue weighted by Crippen LogP contribution is 2.14. The average Bonchev–Trinajstić information content (AvgIpc) is 2.64. The second-order valence-electron chi connectivity index (χ2n) is 3.12. The van der Waals surface area contributed by atoms with Crippen molar-refractivity contribution in [1.29, 1.82) is 5.26 Å². The van der Waals surface area contributed by atoms with Gasteiger partial charge in [0.05, 0.1) is 18.3 Å². The standard InChI is InChI=1S/C8H9N5O/c9-3-1-8(14)13-4-2-6-7(5-13)11-12-10-6/h1-2,4-5H2,(H,10,11,12). The van der Waals surface area contributed by atoms with E-state index in [1.54, 1.807) is 4.90 Å². The first-order chi connectivity index (χ1) is 6.81. The molecule has 0 atom stereocenters. The normalized spacial score (nSPS) is 14.6. The summed E-state index contributed by atoms with van der Waals surface area (Å²) in [5.74, 6) is -0.138. The quantitative estimate of drug-likeness (QED) is 0.654. The lowest BCUT2D eigenvalue weighted by atomic mass is 10.1. The van der Waals surface area contributed by atoms with Gasteiger partial charge in [0.15, 0.2) is 0 Å². The number of fused-ring (bicyclic) bond motifs is 1. The molecule has 6 heteroatoms. The van der Waals surface area contributed by atoms with Crippen molar-refractivity contribution in [2.45, 2.75) is 19.4 Å². The van der Waals surface area contributed by atoms with Crippen LogP contribution >= 0.6 is 0 Å². The molecule has 1 aliphatic heterocycles. The number of hydrogen-bond acceptors (Lipinski definition) is 4. The van der Waals surface area contributed by atoms with Crippen LogP contribution in [0.5, 0.6) is 0 Å². The number of H-pyrrole nitrogens is 1. The van der Waals surface area contributed by atoms with Gasteiger partial charge in [0.1, 0.15) is 12.1 Å². The number of aromatic amines is 1. The second-order valence-corrected chi connectivity index (χ2v) is 3.12. The Morgan fingerprint density at radius 2 is 2.36 bits per heavy atom. The van der Waals surface area contributed by atoms with Crippen LogP contribution in [0.4, 0.5) is 0 Å². The maximum absolute atomic E-state index is 11.4. The van der Waals surface area contributed by atoms with E-state index in [0.717, 1.165) is 11.4 Å². The summed E-state index contributed by atoms with van der Waals surface area (Å²) in [6.45, 7) is 1.09. The lowest BCUT2D eigenvalue weighted by Crippen LogP contribution is -2.35. The van der Waals surface area contributed by atoms with E-state index in [1.807, 2.05) is 6.07 Å². The van der Waals surface area contributed by atoms with Crippen molar-refractivity contribution in [3.63, 3.8) is 0 Å². The summed E-state index contributed by atoms with van der Waals surface area (Å²) >= 11 is 0. The van der Waals surface area contributed by atoms with Gasteiger partial charge < -0.3 is 4.90 Å². The van der Waals surface area contributed by atoms with E-state index < -0.39 is 0 Å². The number of carbonyl (C=O) groups excluding carboxylic acids is 1. The maximum atomic E-state index is 11.4. The third kappa shape index (κ3) is 1.44. The topological polar surface area (TPSA) is 85.7 Å². The molecule has 0 saturated heterocycles. The first-order valence-corrected chi connectivity index (χ1v) is 4.34. The van der Waals surface area contributed by atoms with Crippen LogP contribution in [0.2, 0.25) is 0 Å². The van der Waals surface area contributed by atoms with E-state index in [2.05, 4.69) is 15.4 Å². The highest BCUT2D eigenvalue weighted by atomic mass is 16.2. The molecule has 0 saturated carbocycles. The van der Waals surface area contributed by atoms with Crippen LogP contribution in [0.25, 0.3) is 0 Å². The number of aromatic nitrogens is 3. The Morgan fingerprint density at radius 3 is 3.14 bits per heavy atom. The maximum Gasteiger partial charge on any atom is 0.237 e. The van der Waals surface area contributed by atoms with E-state index in [1.165, 1.54) is 0 Å². The van der Waals surface area contributed by atoms with Crippen molar-refractivity contribution >= 4 is 5.91 Å². The van der Waals surface area contributed by atoms with Gasteiger partial charge in [-0.25, -0.2) is 0 Å². The molecule has 0 aliphatic carbocycles. The molecular formula is C8H9N5O. The van der Waals surface area contributed by atoms with E-state index in [0.29, 0.717) is 19.5 Å². The number of nitrogens with one attached hydrogen (secondary N) is 1. The Kier molecular flexibility index (Phi) is 2.14. The van der Waals surface area contributed by atoms with Crippen molar-refractivity contribution in [2.24, 2.45) is 0 Å². The van der Waals surface area contributed by atoms with Gasteiger partial charge in [-0.15, -0.1) is 0 Å². The molecule has 14 heavy (non-hydrogen) atoms. The number of nitriles is 1. The highest BCUT2D eigenvalue weighted by molar-refractivity contribution is 5.78. The fourth-order valence-corrected chi connectivity index (χ4v) is 1.49. The monoisotopic (exact) mass is 191 g/mol. The molecule has 2 heterocycles. The van der Waals surface area contributed by atoms with Crippen molar-refractivity contribution in [3.05, 3.63) is 11.4 Å². The number of hydrogen-bond donors (Lipinski definition) is 1. The lowest BCUT2D eigenvalue weighted by Gasteiger charge is -2.24. The summed E-state index contributed by atoms with van der Waals surface area (Å²) in [6.07, 6.45) is 0.649. The van der Waals surface area contributed by atoms with E-state index in [9.17, 15) is 4.79 Å². The van der Waals surface area contributed by atoms with Crippen LogP contribution in [0, 0.1) is 11.3 Å². The molecular weight excluding hydrogens is 182 g/mol. The van der Waals surface area contributed by atoms with Crippen LogP contribution < -0.4 is 0 Å². The van der Waals surface area contributed by atoms with Crippen molar-refractivity contribution in [1.82, 2.24) is 20.3 Å². The molecule has 0 unspecified atom stereocenters. The fraction of sp³-hybridized carbons (Fsp3) is 0.500. The molecule has 2 rings (SSSR count). The molecule has 72 valence electrons. The summed E-state index contributed by atoms with van der Waals surface area (Å²) in [6, 6.07) is 1.85. The highest BCUT2D eigenvalue weighted by Gasteiger charge is 2.22. The van der Waals surface area contributed by atoms with Crippen LogP contribution in [0.15, 0.2) is 0 Å². The van der Waals surface area contributed by atoms with E-state index >= 15 is 0 Å². The van der Waals surface area contributed by atoms with E-state index in [-0.39, 0.29) is 12.3 Å². The van der Waals surface area contributed by atoms with Crippen LogP contribution in [-0.2, 0) is 17.8 Å². The number of rotatable bonds is 1. The van der Waals surface area contributed by atoms with Gasteiger partial charge in [-0.2, -0.15) is 20.7 Å². The van der Waals surface area contributed by atoms with Gasteiger partial charge in [0, 0.05) is 13.0 Å². The van der Waals surface area contributed by atoms with Crippen molar-refractivity contribution < 1.29 is 4.79 Å². The third-order valence-electron chi connectivity index (χ3n) is 2.25. The molecule has 1 aliphatic rings. The van der Waals surface area contributed by atoms with Crippen molar-refractivity contribution in [2.75, 3.05) is 6.54 Å². The molecule has 1 aromatic rings. The van der Waals surface area contributed by atoms with Crippen molar-refractivity contribution in [3.8, 4) is 6.07 Å². The molecule has 0 aromatic carbocycles. The Labute approximate surface area is 80.5 Å². The predicted molar refractivity (Wildman–Crippen MR) is 45.7 cm³/mol. The smallest absolute Gasteiger partial charge is 0.237 e. The third-order valence-corrected chi connectivity index (χ3v) is 2.25. The zero-order valence-corrected chi connectivity index (χ0v) is 7.53. The zero-order chi connectivity index (χ0) is 9.97. The van der Waals surface area contributed by atoms with Gasteiger partial charge in [-0.1, -0.05) is 0 Å². The van der Waals surface area contributed by atoms with Gasteiger partial charge >= 0.3 is 0 Å². The van der Waals surface area contributed by atoms with Crippen LogP contribution in [0.3, 0.4) is 0 Å². The SMILES string of the molecule is N#CCC(=O)N1CCc2n[nH]nc2C1. The minimum Gasteiger partial charge on any atom is -0.335 e. The molecule has 0 bridgehead atoms. The summed E-state index contributed by atoms with van der Waals surface area (Å²) in [5, 5.41) is 18.8. The summed E-state index contributed by atoms with van der Waals surface area (Å²) in [4.78, 5) is 13.0. The molecule has 1 amide bonds. The van der Waals surface area contributed by atoms with Crippen LogP contribution in [-0.4, -0.2) is 32.8 Å². The molecule has 0 fully saturated rings. The summed E-state index contributed by atoms with van der Waals surface area (Å²) in [7, 11) is 0. The van der Waals surface area contributed by atoms with Gasteiger partial charge in [-0.3, -0.25) is 4.79 Å². The average molecular weight is 191 g/mol. The fourth-order valence-electron chi connectivity index (χ4n) is 1.49. The van der Waals surface area contributed by atoms with E-state index in [4.69, 9.17) is 5.26 Å². The number of amides is 1. The Morgan fingerprint density at radius 1 is 1.57 bits per heavy atom. The number of nitrogens with zero attached hydrogens (tertiary/aromatic N) is 4. The Bertz CT molecular complexity index is 391. The number of carbonyl (C=O) groups is 1. The first kappa shape index (κ1) is 8.69. The molecule has 1 aromatic heterocycles. The summed E-state index contributed by atoms with van der Waals surface area (Å²) < 4.78 is 0. The van der Waals surface area contributed by atoms with Gasteiger partial charge in [0.2, 0.25) is 5.91 Å². The first-order valence-electron chi connectivity index (χ1n) is 4.34. The summed E-state index contributed by atoms with van der Waals surface area (Å²) in [5.41, 5.74) is 1.73. The van der Waals surface area contributed by atoms with Crippen LogP contribution in [0.1, 0.15) is 17.8 Å². The zero-order valence-electron chi connectivity index (χ0n) is 7.53. The largest absolute Gasteiger partial charge is 0.335 e. The predicted octanol–water partition coefficient (Wildman–Crippen LogP) is -0.397. The molecule has 6 nitrogen and oxygen atoms in total. The second kappa shape index (κ2) is 3.46. The minimum atomic E-state index is -0.138. The van der Waals surface area contributed by atoms with Gasteiger partial charge in [0.25, 0.3) is 0 Å².